The molecule has 1 aromatic rings. The normalized spacial score (nSPS) is 17.3. The molecule has 0 bridgehead atoms. The van der Waals surface area contributed by atoms with Crippen LogP contribution in [0.25, 0.3) is 5.76 Å². The topological polar surface area (TPSA) is 87.9 Å². The van der Waals surface area contributed by atoms with E-state index in [4.69, 9.17) is 26.2 Å². The predicted molar refractivity (Wildman–Crippen MR) is 82.9 cm³/mol. The van der Waals surface area contributed by atoms with Crippen LogP contribution in [-0.4, -0.2) is 20.8 Å². The van der Waals surface area contributed by atoms with E-state index < -0.39 is 16.1 Å². The van der Waals surface area contributed by atoms with E-state index in [2.05, 4.69) is 4.18 Å². The Morgan fingerprint density at radius 2 is 1.86 bits per heavy atom. The molecule has 22 heavy (non-hydrogen) atoms. The molecule has 0 aromatic heterocycles. The molecular weight excluding hydrogens is 330 g/mol. The zero-order chi connectivity index (χ0) is 16.4. The summed E-state index contributed by atoms with van der Waals surface area (Å²) in [6, 6.07) is 7.06. The minimum atomic E-state index is -4.08. The van der Waals surface area contributed by atoms with Gasteiger partial charge in [0, 0.05) is 18.4 Å². The van der Waals surface area contributed by atoms with Crippen LogP contribution >= 0.6 is 11.6 Å². The van der Waals surface area contributed by atoms with E-state index in [-0.39, 0.29) is 12.4 Å². The lowest BCUT2D eigenvalue weighted by Gasteiger charge is -2.26. The summed E-state index contributed by atoms with van der Waals surface area (Å²) >= 11 is 6.19. The van der Waals surface area contributed by atoms with Gasteiger partial charge >= 0.3 is 10.3 Å². The van der Waals surface area contributed by atoms with Gasteiger partial charge in [0.25, 0.3) is 5.79 Å². The molecule has 0 atom stereocenters. The third-order valence-electron chi connectivity index (χ3n) is 3.40. The molecule has 0 unspecified atom stereocenters. The molecule has 0 fully saturated rings. The zero-order valence-corrected chi connectivity index (χ0v) is 13.9. The van der Waals surface area contributed by atoms with Crippen LogP contribution in [0.4, 0.5) is 0 Å². The molecule has 1 aliphatic heterocycles. The van der Waals surface area contributed by atoms with E-state index in [0.29, 0.717) is 29.2 Å². The quantitative estimate of drug-likeness (QED) is 0.854. The van der Waals surface area contributed by atoms with Gasteiger partial charge in [-0.05, 0) is 12.1 Å². The van der Waals surface area contributed by atoms with Crippen LogP contribution in [-0.2, 0) is 24.0 Å². The maximum Gasteiger partial charge on any atom is 0.333 e. The zero-order valence-electron chi connectivity index (χ0n) is 12.3. The molecule has 0 amide bonds. The SMILES string of the molecule is CCC1(CC)OC(COS(N)(=O)=O)=C(c2ccccc2Cl)O1. The van der Waals surface area contributed by atoms with Crippen molar-refractivity contribution in [2.45, 2.75) is 32.5 Å². The van der Waals surface area contributed by atoms with Gasteiger partial charge in [0.2, 0.25) is 0 Å². The number of hydrogen-bond acceptors (Lipinski definition) is 5. The molecule has 1 aromatic carbocycles. The third-order valence-corrected chi connectivity index (χ3v) is 4.18. The Balaban J connectivity index is 2.39. The summed E-state index contributed by atoms with van der Waals surface area (Å²) in [6.45, 7) is 3.48. The Labute approximate surface area is 135 Å². The molecule has 0 saturated heterocycles. The highest BCUT2D eigenvalue weighted by molar-refractivity contribution is 7.84. The van der Waals surface area contributed by atoms with Crippen LogP contribution < -0.4 is 5.14 Å². The summed E-state index contributed by atoms with van der Waals surface area (Å²) in [5, 5.41) is 5.33. The van der Waals surface area contributed by atoms with Crippen molar-refractivity contribution >= 4 is 27.7 Å². The molecule has 0 spiro atoms. The number of hydrogen-bond donors (Lipinski definition) is 1. The monoisotopic (exact) mass is 347 g/mol. The summed E-state index contributed by atoms with van der Waals surface area (Å²) in [5.41, 5.74) is 0.612. The van der Waals surface area contributed by atoms with E-state index in [9.17, 15) is 8.42 Å². The first-order valence-electron chi connectivity index (χ1n) is 6.83. The maximum atomic E-state index is 11.0. The fourth-order valence-corrected chi connectivity index (χ4v) is 2.65. The van der Waals surface area contributed by atoms with Crippen LogP contribution in [0.3, 0.4) is 0 Å². The molecule has 122 valence electrons. The second-order valence-electron chi connectivity index (χ2n) is 4.81. The molecule has 6 nitrogen and oxygen atoms in total. The highest BCUT2D eigenvalue weighted by atomic mass is 35.5. The van der Waals surface area contributed by atoms with Crippen molar-refractivity contribution in [3.63, 3.8) is 0 Å². The van der Waals surface area contributed by atoms with Gasteiger partial charge < -0.3 is 9.47 Å². The minimum Gasteiger partial charge on any atom is -0.450 e. The molecule has 0 radical (unpaired) electrons. The summed E-state index contributed by atoms with van der Waals surface area (Å²) in [7, 11) is -4.08. The number of rotatable bonds is 6. The lowest BCUT2D eigenvalue weighted by atomic mass is 10.1. The largest absolute Gasteiger partial charge is 0.450 e. The smallest absolute Gasteiger partial charge is 0.333 e. The fraction of sp³-hybridized carbons (Fsp3) is 0.429. The second-order valence-corrected chi connectivity index (χ2v) is 6.44. The average molecular weight is 348 g/mol. The van der Waals surface area contributed by atoms with Gasteiger partial charge in [-0.2, -0.15) is 8.42 Å². The van der Waals surface area contributed by atoms with Crippen molar-refractivity contribution in [2.75, 3.05) is 6.61 Å². The maximum absolute atomic E-state index is 11.0. The molecule has 1 aliphatic rings. The second kappa shape index (κ2) is 6.45. The van der Waals surface area contributed by atoms with Gasteiger partial charge in [-0.3, -0.25) is 0 Å². The Morgan fingerprint density at radius 1 is 1.23 bits per heavy atom. The fourth-order valence-electron chi connectivity index (χ4n) is 2.15. The van der Waals surface area contributed by atoms with Crippen molar-refractivity contribution in [3.8, 4) is 0 Å². The van der Waals surface area contributed by atoms with Crippen LogP contribution in [0.1, 0.15) is 32.3 Å². The first kappa shape index (κ1) is 17.1. The molecule has 0 aliphatic carbocycles. The van der Waals surface area contributed by atoms with Gasteiger partial charge in [0.05, 0.1) is 5.02 Å². The standard InChI is InChI=1S/C14H18ClNO5S/c1-3-14(4-2)20-12(9-19-22(16,17)18)13(21-14)10-7-5-6-8-11(10)15/h5-8H,3-4,9H2,1-2H3,(H2,16,17,18). The Kier molecular flexibility index (Phi) is 5.01. The van der Waals surface area contributed by atoms with E-state index in [1.165, 1.54) is 0 Å². The van der Waals surface area contributed by atoms with E-state index >= 15 is 0 Å². The van der Waals surface area contributed by atoms with Crippen molar-refractivity contribution in [1.29, 1.82) is 0 Å². The van der Waals surface area contributed by atoms with Gasteiger partial charge in [0.1, 0.15) is 6.61 Å². The number of halogens is 1. The lowest BCUT2D eigenvalue weighted by molar-refractivity contribution is -0.148. The molecule has 8 heteroatoms. The first-order valence-corrected chi connectivity index (χ1v) is 8.68. The van der Waals surface area contributed by atoms with Crippen molar-refractivity contribution in [1.82, 2.24) is 0 Å². The van der Waals surface area contributed by atoms with Gasteiger partial charge in [-0.25, -0.2) is 9.32 Å². The van der Waals surface area contributed by atoms with Crippen molar-refractivity contribution < 1.29 is 22.1 Å². The van der Waals surface area contributed by atoms with Gasteiger partial charge in [-0.15, -0.1) is 0 Å². The summed E-state index contributed by atoms with van der Waals surface area (Å²) in [6.07, 6.45) is 1.16. The van der Waals surface area contributed by atoms with Gasteiger partial charge in [-0.1, -0.05) is 37.6 Å². The van der Waals surface area contributed by atoms with Gasteiger partial charge in [0.15, 0.2) is 11.5 Å². The van der Waals surface area contributed by atoms with Crippen molar-refractivity contribution in [2.24, 2.45) is 5.14 Å². The van der Waals surface area contributed by atoms with Crippen LogP contribution in [0.2, 0.25) is 5.02 Å². The number of benzene rings is 1. The average Bonchev–Trinajstić information content (AvgIpc) is 2.85. The molecular formula is C14H18ClNO5S. The highest BCUT2D eigenvalue weighted by Gasteiger charge is 2.41. The molecule has 0 saturated carbocycles. The number of nitrogens with two attached hydrogens (primary N) is 1. The summed E-state index contributed by atoms with van der Waals surface area (Å²) < 4.78 is 38.4. The van der Waals surface area contributed by atoms with E-state index in [1.54, 1.807) is 24.3 Å². The molecule has 2 rings (SSSR count). The Morgan fingerprint density at radius 3 is 2.41 bits per heavy atom. The first-order chi connectivity index (χ1) is 10.3. The predicted octanol–water partition coefficient (Wildman–Crippen LogP) is 2.79. The highest BCUT2D eigenvalue weighted by Crippen LogP contribution is 2.42. The molecule has 2 N–H and O–H groups in total. The lowest BCUT2D eigenvalue weighted by Crippen LogP contribution is -2.29. The minimum absolute atomic E-state index is 0.255. The van der Waals surface area contributed by atoms with E-state index in [1.807, 2.05) is 13.8 Å². The van der Waals surface area contributed by atoms with Crippen LogP contribution in [0.15, 0.2) is 30.0 Å². The Bertz CT molecular complexity index is 682. The van der Waals surface area contributed by atoms with Crippen LogP contribution in [0, 0.1) is 0 Å². The van der Waals surface area contributed by atoms with Crippen molar-refractivity contribution in [3.05, 3.63) is 40.6 Å². The van der Waals surface area contributed by atoms with E-state index in [0.717, 1.165) is 0 Å². The third kappa shape index (κ3) is 3.73. The Hall–Kier alpha value is -1.28. The molecule has 1 heterocycles. The van der Waals surface area contributed by atoms with Crippen LogP contribution in [0.5, 0.6) is 0 Å². The summed E-state index contributed by atoms with van der Waals surface area (Å²) in [5.74, 6) is -0.227. The summed E-state index contributed by atoms with van der Waals surface area (Å²) in [4.78, 5) is 0. The number of ether oxygens (including phenoxy) is 2.